The van der Waals surface area contributed by atoms with Crippen LogP contribution in [0, 0.1) is 0 Å². The maximum Gasteiger partial charge on any atom is 0.318 e. The first-order valence-electron chi connectivity index (χ1n) is 5.89. The number of carboxylic acid groups (broad SMARTS) is 1. The number of aromatic nitrogens is 1. The first-order valence-corrected chi connectivity index (χ1v) is 8.21. The predicted octanol–water partition coefficient (Wildman–Crippen LogP) is 1.78. The summed E-state index contributed by atoms with van der Waals surface area (Å²) in [6.45, 7) is 2.71. The molecule has 8 heteroatoms. The lowest BCUT2D eigenvalue weighted by Gasteiger charge is -2.23. The number of fused-ring (bicyclic) bond motifs is 1. The number of thiophene rings is 1. The number of carbonyl (C=O) groups is 1. The molecule has 2 aromatic rings. The van der Waals surface area contributed by atoms with E-state index in [2.05, 4.69) is 4.98 Å². The van der Waals surface area contributed by atoms with Crippen molar-refractivity contribution in [1.82, 2.24) is 9.29 Å². The minimum atomic E-state index is -3.87. The monoisotopic (exact) mass is 314 g/mol. The molecule has 0 aliphatic rings. The summed E-state index contributed by atoms with van der Waals surface area (Å²) in [5.74, 6) is -1.19. The molecule has 0 aromatic carbocycles. The number of nitrogens with zero attached hydrogens (tertiary/aromatic N) is 2. The molecule has 2 heterocycles. The molecule has 0 saturated carbocycles. The second-order valence-electron chi connectivity index (χ2n) is 4.51. The Balaban J connectivity index is 2.48. The van der Waals surface area contributed by atoms with Crippen molar-refractivity contribution in [3.8, 4) is 0 Å². The summed E-state index contributed by atoms with van der Waals surface area (Å²) in [7, 11) is -3.87. The lowest BCUT2D eigenvalue weighted by Crippen LogP contribution is -2.40. The summed E-state index contributed by atoms with van der Waals surface area (Å²) in [6, 6.07) is 2.88. The highest BCUT2D eigenvalue weighted by Crippen LogP contribution is 2.24. The molecule has 0 bridgehead atoms. The SMILES string of the molecule is CC(C)N(CC(=O)O)S(=O)(=O)c1cnc2ccsc2c1. The lowest BCUT2D eigenvalue weighted by molar-refractivity contribution is -0.137. The zero-order chi connectivity index (χ0) is 14.9. The van der Waals surface area contributed by atoms with Gasteiger partial charge in [-0.25, -0.2) is 8.42 Å². The van der Waals surface area contributed by atoms with Gasteiger partial charge in [-0.1, -0.05) is 0 Å². The van der Waals surface area contributed by atoms with E-state index in [0.29, 0.717) is 0 Å². The molecule has 0 spiro atoms. The van der Waals surface area contributed by atoms with Gasteiger partial charge in [0.05, 0.1) is 10.2 Å². The predicted molar refractivity (Wildman–Crippen MR) is 76.3 cm³/mol. The first-order chi connectivity index (χ1) is 9.32. The highest BCUT2D eigenvalue weighted by Gasteiger charge is 2.29. The number of aliphatic carboxylic acids is 1. The lowest BCUT2D eigenvalue weighted by atomic mass is 10.4. The van der Waals surface area contributed by atoms with Gasteiger partial charge in [0, 0.05) is 12.2 Å². The molecule has 0 radical (unpaired) electrons. The fourth-order valence-electron chi connectivity index (χ4n) is 1.78. The van der Waals surface area contributed by atoms with Crippen molar-refractivity contribution in [2.45, 2.75) is 24.8 Å². The third-order valence-corrected chi connectivity index (χ3v) is 5.59. The van der Waals surface area contributed by atoms with E-state index in [1.165, 1.54) is 23.6 Å². The maximum absolute atomic E-state index is 12.5. The Morgan fingerprint density at radius 1 is 1.50 bits per heavy atom. The molecule has 0 saturated heterocycles. The van der Waals surface area contributed by atoms with Crippen molar-refractivity contribution in [3.05, 3.63) is 23.7 Å². The number of sulfonamides is 1. The van der Waals surface area contributed by atoms with Crippen LogP contribution in [-0.4, -0.2) is 41.4 Å². The number of carboxylic acids is 1. The van der Waals surface area contributed by atoms with E-state index in [-0.39, 0.29) is 4.90 Å². The average molecular weight is 314 g/mol. The molecule has 0 atom stereocenters. The van der Waals surface area contributed by atoms with Gasteiger partial charge in [0.1, 0.15) is 11.4 Å². The highest BCUT2D eigenvalue weighted by atomic mass is 32.2. The van der Waals surface area contributed by atoms with E-state index in [0.717, 1.165) is 14.5 Å². The summed E-state index contributed by atoms with van der Waals surface area (Å²) < 4.78 is 26.7. The van der Waals surface area contributed by atoms with Gasteiger partial charge in [0.2, 0.25) is 10.0 Å². The number of hydrogen-bond donors (Lipinski definition) is 1. The Labute approximate surface area is 120 Å². The molecular weight excluding hydrogens is 300 g/mol. The maximum atomic E-state index is 12.5. The van der Waals surface area contributed by atoms with Crippen LogP contribution >= 0.6 is 11.3 Å². The van der Waals surface area contributed by atoms with Crippen LogP contribution in [0.2, 0.25) is 0 Å². The summed E-state index contributed by atoms with van der Waals surface area (Å²) >= 11 is 1.39. The molecule has 0 unspecified atom stereocenters. The van der Waals surface area contributed by atoms with E-state index in [1.807, 2.05) is 5.38 Å². The minimum Gasteiger partial charge on any atom is -0.480 e. The van der Waals surface area contributed by atoms with Crippen molar-refractivity contribution in [3.63, 3.8) is 0 Å². The van der Waals surface area contributed by atoms with Crippen LogP contribution in [0.15, 0.2) is 28.6 Å². The largest absolute Gasteiger partial charge is 0.480 e. The quantitative estimate of drug-likeness (QED) is 0.909. The van der Waals surface area contributed by atoms with Crippen LogP contribution in [0.4, 0.5) is 0 Å². The third-order valence-electron chi connectivity index (χ3n) is 2.75. The number of hydrogen-bond acceptors (Lipinski definition) is 5. The van der Waals surface area contributed by atoms with E-state index < -0.39 is 28.6 Å². The minimum absolute atomic E-state index is 0.0161. The molecule has 0 aliphatic carbocycles. The van der Waals surface area contributed by atoms with Gasteiger partial charge in [0.15, 0.2) is 0 Å². The Kier molecular flexibility index (Phi) is 4.07. The van der Waals surface area contributed by atoms with Crippen molar-refractivity contribution >= 4 is 37.5 Å². The Morgan fingerprint density at radius 3 is 2.80 bits per heavy atom. The normalized spacial score (nSPS) is 12.4. The fraction of sp³-hybridized carbons (Fsp3) is 0.333. The summed E-state index contributed by atoms with van der Waals surface area (Å²) in [4.78, 5) is 14.9. The molecule has 0 fully saturated rings. The molecule has 108 valence electrons. The van der Waals surface area contributed by atoms with Gasteiger partial charge < -0.3 is 5.11 Å². The van der Waals surface area contributed by atoms with Crippen LogP contribution in [0.5, 0.6) is 0 Å². The van der Waals surface area contributed by atoms with Crippen molar-refractivity contribution in [2.24, 2.45) is 0 Å². The van der Waals surface area contributed by atoms with Crippen LogP contribution in [-0.2, 0) is 14.8 Å². The van der Waals surface area contributed by atoms with Crippen LogP contribution in [0.3, 0.4) is 0 Å². The molecule has 6 nitrogen and oxygen atoms in total. The van der Waals surface area contributed by atoms with Crippen molar-refractivity contribution in [1.29, 1.82) is 0 Å². The molecule has 20 heavy (non-hydrogen) atoms. The second kappa shape index (κ2) is 5.47. The fourth-order valence-corrected chi connectivity index (χ4v) is 4.20. The first kappa shape index (κ1) is 14.9. The van der Waals surface area contributed by atoms with E-state index in [1.54, 1.807) is 19.9 Å². The highest BCUT2D eigenvalue weighted by molar-refractivity contribution is 7.89. The Morgan fingerprint density at radius 2 is 2.20 bits per heavy atom. The van der Waals surface area contributed by atoms with Gasteiger partial charge in [0.25, 0.3) is 0 Å². The zero-order valence-corrected chi connectivity index (χ0v) is 12.6. The van der Waals surface area contributed by atoms with E-state index >= 15 is 0 Å². The average Bonchev–Trinajstić information content (AvgIpc) is 2.82. The third kappa shape index (κ3) is 2.82. The van der Waals surface area contributed by atoms with Gasteiger partial charge in [-0.15, -0.1) is 11.3 Å². The van der Waals surface area contributed by atoms with Crippen molar-refractivity contribution < 1.29 is 18.3 Å². The smallest absolute Gasteiger partial charge is 0.318 e. The van der Waals surface area contributed by atoms with Crippen LogP contribution in [0.1, 0.15) is 13.8 Å². The van der Waals surface area contributed by atoms with Crippen molar-refractivity contribution in [2.75, 3.05) is 6.54 Å². The number of pyridine rings is 1. The molecule has 1 N–H and O–H groups in total. The van der Waals surface area contributed by atoms with E-state index in [4.69, 9.17) is 5.11 Å². The molecular formula is C12H14N2O4S2. The summed E-state index contributed by atoms with van der Waals surface area (Å²) in [5, 5.41) is 10.7. The molecule has 2 rings (SSSR count). The number of rotatable bonds is 5. The topological polar surface area (TPSA) is 87.6 Å². The van der Waals surface area contributed by atoms with Gasteiger partial charge in [-0.05, 0) is 31.4 Å². The van der Waals surface area contributed by atoms with Gasteiger partial charge >= 0.3 is 5.97 Å². The molecule has 0 aliphatic heterocycles. The summed E-state index contributed by atoms with van der Waals surface area (Å²) in [6.07, 6.45) is 1.27. The zero-order valence-electron chi connectivity index (χ0n) is 11.0. The van der Waals surface area contributed by atoms with Gasteiger partial charge in [-0.2, -0.15) is 4.31 Å². The second-order valence-corrected chi connectivity index (χ2v) is 7.35. The van der Waals surface area contributed by atoms with Crippen LogP contribution < -0.4 is 0 Å². The van der Waals surface area contributed by atoms with E-state index in [9.17, 15) is 13.2 Å². The standard InChI is InChI=1S/C12H14N2O4S2/c1-8(2)14(7-12(15)16)20(17,18)9-5-11-10(13-6-9)3-4-19-11/h3-6,8H,7H2,1-2H3,(H,15,16). The molecule has 2 aromatic heterocycles. The van der Waals surface area contributed by atoms with Gasteiger partial charge in [-0.3, -0.25) is 9.78 Å². The summed E-state index contributed by atoms with van der Waals surface area (Å²) in [5.41, 5.74) is 0.725. The van der Waals surface area contributed by atoms with Crippen LogP contribution in [0.25, 0.3) is 10.2 Å². The Bertz CT molecular complexity index is 737. The molecule has 0 amide bonds. The Hall–Kier alpha value is -1.51.